The van der Waals surface area contributed by atoms with Crippen molar-refractivity contribution in [3.8, 4) is 5.75 Å². The molecule has 3 N–H and O–H groups in total. The topological polar surface area (TPSA) is 137 Å². The van der Waals surface area contributed by atoms with Crippen LogP contribution in [0.4, 0.5) is 16.2 Å². The zero-order valence-corrected chi connectivity index (χ0v) is 14.0. The van der Waals surface area contributed by atoms with Crippen molar-refractivity contribution in [2.75, 3.05) is 32.6 Å². The molecule has 0 spiro atoms. The average molecular weight is 352 g/mol. The van der Waals surface area contributed by atoms with Crippen molar-refractivity contribution in [3.05, 3.63) is 27.8 Å². The molecule has 0 aromatic heterocycles. The molecule has 1 aromatic rings. The van der Waals surface area contributed by atoms with E-state index in [9.17, 15) is 19.7 Å². The monoisotopic (exact) mass is 352 g/mol. The van der Waals surface area contributed by atoms with Gasteiger partial charge in [-0.3, -0.25) is 14.9 Å². The number of benzene rings is 1. The highest BCUT2D eigenvalue weighted by Gasteiger charge is 2.29. The zero-order chi connectivity index (χ0) is 18.6. The van der Waals surface area contributed by atoms with Gasteiger partial charge in [0.05, 0.1) is 24.1 Å². The Balaban J connectivity index is 2.30. The van der Waals surface area contributed by atoms with Crippen molar-refractivity contribution in [2.45, 2.75) is 18.9 Å². The Morgan fingerprint density at radius 2 is 2.16 bits per heavy atom. The quantitative estimate of drug-likeness (QED) is 0.602. The minimum Gasteiger partial charge on any atom is -0.494 e. The smallest absolute Gasteiger partial charge is 0.404 e. The molecule has 1 atom stereocenters. The third kappa shape index (κ3) is 4.08. The summed E-state index contributed by atoms with van der Waals surface area (Å²) >= 11 is 0. The first kappa shape index (κ1) is 18.3. The number of nitrogens with two attached hydrogens (primary N) is 1. The van der Waals surface area contributed by atoms with Gasteiger partial charge in [-0.1, -0.05) is 0 Å². The summed E-state index contributed by atoms with van der Waals surface area (Å²) in [5.74, 6) is -0.205. The number of nitrogens with zero attached hydrogens (tertiary/aromatic N) is 2. The van der Waals surface area contributed by atoms with E-state index in [1.807, 2.05) is 0 Å². The van der Waals surface area contributed by atoms with Crippen LogP contribution in [0.3, 0.4) is 0 Å². The molecule has 136 valence electrons. The summed E-state index contributed by atoms with van der Waals surface area (Å²) in [6, 6.07) is 2.65. The fourth-order valence-corrected chi connectivity index (χ4v) is 2.85. The van der Waals surface area contributed by atoms with Gasteiger partial charge in [-0.15, -0.1) is 0 Å². The van der Waals surface area contributed by atoms with Gasteiger partial charge < -0.3 is 25.4 Å². The molecule has 25 heavy (non-hydrogen) atoms. The van der Waals surface area contributed by atoms with Crippen LogP contribution in [-0.2, 0) is 4.74 Å². The third-order valence-electron chi connectivity index (χ3n) is 3.94. The van der Waals surface area contributed by atoms with Gasteiger partial charge in [0.1, 0.15) is 11.9 Å². The van der Waals surface area contributed by atoms with E-state index in [0.717, 1.165) is 0 Å². The Morgan fingerprint density at radius 3 is 2.72 bits per heavy atom. The molecule has 0 bridgehead atoms. The highest BCUT2D eigenvalue weighted by Crippen LogP contribution is 2.36. The van der Waals surface area contributed by atoms with Crippen molar-refractivity contribution in [2.24, 2.45) is 5.73 Å². The predicted octanol–water partition coefficient (Wildman–Crippen LogP) is 1.34. The summed E-state index contributed by atoms with van der Waals surface area (Å²) in [5.41, 5.74) is 5.08. The number of piperidine rings is 1. The fourth-order valence-electron chi connectivity index (χ4n) is 2.85. The number of primary amides is 1. The van der Waals surface area contributed by atoms with Crippen LogP contribution in [0.1, 0.15) is 23.2 Å². The molecule has 10 heteroatoms. The van der Waals surface area contributed by atoms with E-state index in [-0.39, 0.29) is 29.2 Å². The van der Waals surface area contributed by atoms with E-state index in [1.54, 1.807) is 0 Å². The number of amides is 2. The van der Waals surface area contributed by atoms with Gasteiger partial charge in [0.2, 0.25) is 0 Å². The number of nitrogens with one attached hydrogen (secondary N) is 1. The van der Waals surface area contributed by atoms with Gasteiger partial charge >= 0.3 is 6.09 Å². The van der Waals surface area contributed by atoms with E-state index >= 15 is 0 Å². The number of rotatable bonds is 5. The number of nitro benzene ring substituents is 1. The third-order valence-corrected chi connectivity index (χ3v) is 3.94. The van der Waals surface area contributed by atoms with Gasteiger partial charge in [0, 0.05) is 19.7 Å². The molecule has 1 aromatic carbocycles. The summed E-state index contributed by atoms with van der Waals surface area (Å²) in [5, 5.41) is 14.0. The number of ether oxygens (including phenoxy) is 2. The van der Waals surface area contributed by atoms with Crippen LogP contribution in [0.5, 0.6) is 5.75 Å². The van der Waals surface area contributed by atoms with E-state index in [1.165, 1.54) is 31.2 Å². The van der Waals surface area contributed by atoms with Crippen LogP contribution in [0.2, 0.25) is 0 Å². The minimum atomic E-state index is -0.894. The first-order valence-electron chi connectivity index (χ1n) is 7.67. The molecule has 1 unspecified atom stereocenters. The highest BCUT2D eigenvalue weighted by atomic mass is 16.6. The summed E-state index contributed by atoms with van der Waals surface area (Å²) in [6.45, 7) is 0.646. The van der Waals surface area contributed by atoms with Gasteiger partial charge in [-0.25, -0.2) is 4.79 Å². The maximum atomic E-state index is 12.7. The molecule has 2 rings (SSSR count). The van der Waals surface area contributed by atoms with Gasteiger partial charge in [-0.2, -0.15) is 0 Å². The second-order valence-electron chi connectivity index (χ2n) is 5.53. The summed E-state index contributed by atoms with van der Waals surface area (Å²) in [4.78, 5) is 35.8. The molecule has 1 heterocycles. The average Bonchev–Trinajstić information content (AvgIpc) is 2.59. The van der Waals surface area contributed by atoms with Gasteiger partial charge in [0.15, 0.2) is 5.69 Å². The Morgan fingerprint density at radius 1 is 1.44 bits per heavy atom. The molecule has 10 nitrogen and oxygen atoms in total. The van der Waals surface area contributed by atoms with Crippen LogP contribution >= 0.6 is 0 Å². The van der Waals surface area contributed by atoms with E-state index in [4.69, 9.17) is 15.2 Å². The number of hydrogen-bond donors (Lipinski definition) is 2. The fraction of sp³-hybridized carbons (Fsp3) is 0.467. The van der Waals surface area contributed by atoms with Gasteiger partial charge in [0.25, 0.3) is 11.6 Å². The number of nitro groups is 1. The van der Waals surface area contributed by atoms with Crippen LogP contribution in [0.25, 0.3) is 0 Å². The molecule has 0 saturated carbocycles. The Labute approximate surface area is 144 Å². The largest absolute Gasteiger partial charge is 0.494 e. The van der Waals surface area contributed by atoms with E-state index in [0.29, 0.717) is 19.4 Å². The lowest BCUT2D eigenvalue weighted by molar-refractivity contribution is -0.384. The Hall–Kier alpha value is -3.04. The summed E-state index contributed by atoms with van der Waals surface area (Å²) in [7, 11) is 2.90. The zero-order valence-electron chi connectivity index (χ0n) is 14.0. The molecule has 0 radical (unpaired) electrons. The molecule has 1 aliphatic heterocycles. The molecule has 1 saturated heterocycles. The number of hydrogen-bond acceptors (Lipinski definition) is 7. The SMILES string of the molecule is CNc1c(OC)cc(C(=O)N2CCCC(OC(N)=O)C2)cc1[N+](=O)[O-]. The minimum absolute atomic E-state index is 0.127. The number of anilines is 1. The van der Waals surface area contributed by atoms with Crippen LogP contribution in [-0.4, -0.2) is 55.2 Å². The maximum Gasteiger partial charge on any atom is 0.404 e. The number of likely N-dealkylation sites (tertiary alicyclic amines) is 1. The lowest BCUT2D eigenvalue weighted by Crippen LogP contribution is -2.44. The van der Waals surface area contributed by atoms with E-state index < -0.39 is 23.0 Å². The second kappa shape index (κ2) is 7.69. The molecule has 1 aliphatic rings. The number of carbonyl (C=O) groups is 2. The maximum absolute atomic E-state index is 12.7. The van der Waals surface area contributed by atoms with Crippen molar-refractivity contribution < 1.29 is 24.0 Å². The first-order valence-corrected chi connectivity index (χ1v) is 7.67. The van der Waals surface area contributed by atoms with Crippen molar-refractivity contribution in [1.29, 1.82) is 0 Å². The number of carbonyl (C=O) groups excluding carboxylic acids is 2. The molecule has 0 aliphatic carbocycles. The van der Waals surface area contributed by atoms with Crippen molar-refractivity contribution >= 4 is 23.4 Å². The molecular weight excluding hydrogens is 332 g/mol. The normalized spacial score (nSPS) is 16.9. The van der Waals surface area contributed by atoms with Crippen molar-refractivity contribution in [3.63, 3.8) is 0 Å². The molecule has 1 fully saturated rings. The first-order chi connectivity index (χ1) is 11.9. The lowest BCUT2D eigenvalue weighted by Gasteiger charge is -2.32. The highest BCUT2D eigenvalue weighted by molar-refractivity contribution is 5.97. The second-order valence-corrected chi connectivity index (χ2v) is 5.53. The summed E-state index contributed by atoms with van der Waals surface area (Å²) < 4.78 is 10.1. The van der Waals surface area contributed by atoms with Crippen LogP contribution in [0.15, 0.2) is 12.1 Å². The van der Waals surface area contributed by atoms with Crippen LogP contribution < -0.4 is 15.8 Å². The summed E-state index contributed by atoms with van der Waals surface area (Å²) in [6.07, 6.45) is -0.134. The predicted molar refractivity (Wildman–Crippen MR) is 88.8 cm³/mol. The molecular formula is C15H20N4O6. The van der Waals surface area contributed by atoms with Gasteiger partial charge in [-0.05, 0) is 18.9 Å². The Bertz CT molecular complexity index is 693. The lowest BCUT2D eigenvalue weighted by atomic mass is 10.1. The Kier molecular flexibility index (Phi) is 5.63. The van der Waals surface area contributed by atoms with Crippen LogP contribution in [0, 0.1) is 10.1 Å². The van der Waals surface area contributed by atoms with Crippen molar-refractivity contribution in [1.82, 2.24) is 4.90 Å². The van der Waals surface area contributed by atoms with E-state index in [2.05, 4.69) is 5.32 Å². The number of methoxy groups -OCH3 is 1. The molecule has 2 amide bonds. The standard InChI is InChI=1S/C15H20N4O6/c1-17-13-11(19(22)23)6-9(7-12(13)24-2)14(20)18-5-3-4-10(8-18)25-15(16)21/h6-7,10,17H,3-5,8H2,1-2H3,(H2,16,21).